The van der Waals surface area contributed by atoms with Crippen LogP contribution in [0, 0.1) is 5.92 Å². The summed E-state index contributed by atoms with van der Waals surface area (Å²) in [6, 6.07) is 8.90. The molecule has 0 spiro atoms. The summed E-state index contributed by atoms with van der Waals surface area (Å²) in [5.41, 5.74) is 2.34. The summed E-state index contributed by atoms with van der Waals surface area (Å²) >= 11 is 0. The number of piperidine rings is 1. The SMILES string of the molecule is O=C(C1OCCc2ccccc21)N1CCC(C2CCCN2)CC1. The molecule has 1 amide bonds. The van der Waals surface area contributed by atoms with Crippen molar-refractivity contribution in [1.82, 2.24) is 10.2 Å². The van der Waals surface area contributed by atoms with Gasteiger partial charge in [-0.2, -0.15) is 0 Å². The van der Waals surface area contributed by atoms with Gasteiger partial charge in [-0.1, -0.05) is 24.3 Å². The number of benzene rings is 1. The van der Waals surface area contributed by atoms with Crippen molar-refractivity contribution in [1.29, 1.82) is 0 Å². The molecule has 3 aliphatic rings. The average molecular weight is 314 g/mol. The summed E-state index contributed by atoms with van der Waals surface area (Å²) in [6.07, 6.45) is 5.38. The van der Waals surface area contributed by atoms with Crippen LogP contribution in [0.4, 0.5) is 0 Å². The minimum absolute atomic E-state index is 0.162. The molecule has 0 saturated carbocycles. The van der Waals surface area contributed by atoms with Crippen LogP contribution < -0.4 is 5.32 Å². The highest BCUT2D eigenvalue weighted by Gasteiger charge is 2.34. The number of hydrogen-bond donors (Lipinski definition) is 1. The molecular weight excluding hydrogens is 288 g/mol. The fourth-order valence-corrected chi connectivity index (χ4v) is 4.40. The molecule has 23 heavy (non-hydrogen) atoms. The number of ether oxygens (including phenoxy) is 1. The van der Waals surface area contributed by atoms with E-state index in [1.54, 1.807) is 0 Å². The molecule has 1 aromatic carbocycles. The second kappa shape index (κ2) is 6.62. The molecule has 1 aromatic rings. The topological polar surface area (TPSA) is 41.6 Å². The predicted octanol–water partition coefficient (Wildman–Crippen LogP) is 2.29. The van der Waals surface area contributed by atoms with Crippen LogP contribution in [-0.4, -0.2) is 43.1 Å². The Labute approximate surface area is 138 Å². The predicted molar refractivity (Wildman–Crippen MR) is 89.2 cm³/mol. The molecule has 4 heteroatoms. The quantitative estimate of drug-likeness (QED) is 0.911. The van der Waals surface area contributed by atoms with E-state index in [1.807, 2.05) is 23.1 Å². The molecule has 2 unspecified atom stereocenters. The van der Waals surface area contributed by atoms with Crippen LogP contribution in [-0.2, 0) is 16.0 Å². The fraction of sp³-hybridized carbons (Fsp3) is 0.632. The highest BCUT2D eigenvalue weighted by molar-refractivity contribution is 5.83. The number of fused-ring (bicyclic) bond motifs is 1. The van der Waals surface area contributed by atoms with Gasteiger partial charge in [0.15, 0.2) is 6.10 Å². The summed E-state index contributed by atoms with van der Waals surface area (Å²) in [4.78, 5) is 15.0. The fourth-order valence-electron chi connectivity index (χ4n) is 4.40. The van der Waals surface area contributed by atoms with Gasteiger partial charge < -0.3 is 15.0 Å². The zero-order chi connectivity index (χ0) is 15.6. The number of nitrogens with one attached hydrogen (secondary N) is 1. The largest absolute Gasteiger partial charge is 0.363 e. The summed E-state index contributed by atoms with van der Waals surface area (Å²) < 4.78 is 5.84. The highest BCUT2D eigenvalue weighted by Crippen LogP contribution is 2.31. The number of likely N-dealkylation sites (tertiary alicyclic amines) is 1. The molecule has 1 N–H and O–H groups in total. The Bertz CT molecular complexity index is 560. The molecule has 4 nitrogen and oxygen atoms in total. The van der Waals surface area contributed by atoms with Gasteiger partial charge in [-0.25, -0.2) is 0 Å². The number of carbonyl (C=O) groups is 1. The van der Waals surface area contributed by atoms with Crippen LogP contribution in [0.2, 0.25) is 0 Å². The van der Waals surface area contributed by atoms with Crippen molar-refractivity contribution in [3.63, 3.8) is 0 Å². The molecule has 0 bridgehead atoms. The second-order valence-electron chi connectivity index (χ2n) is 7.07. The molecule has 3 heterocycles. The van der Waals surface area contributed by atoms with E-state index in [-0.39, 0.29) is 12.0 Å². The molecule has 2 atom stereocenters. The third-order valence-electron chi connectivity index (χ3n) is 5.74. The van der Waals surface area contributed by atoms with Gasteiger partial charge in [-0.05, 0) is 55.7 Å². The first kappa shape index (κ1) is 15.2. The molecular formula is C19H26N2O2. The van der Waals surface area contributed by atoms with E-state index < -0.39 is 0 Å². The van der Waals surface area contributed by atoms with Crippen LogP contribution in [0.25, 0.3) is 0 Å². The van der Waals surface area contributed by atoms with Gasteiger partial charge in [0.05, 0.1) is 6.61 Å². The summed E-state index contributed by atoms with van der Waals surface area (Å²) in [6.45, 7) is 3.57. The van der Waals surface area contributed by atoms with Crippen LogP contribution in [0.3, 0.4) is 0 Å². The lowest BCUT2D eigenvalue weighted by Gasteiger charge is -2.37. The lowest BCUT2D eigenvalue weighted by molar-refractivity contribution is -0.146. The van der Waals surface area contributed by atoms with Crippen LogP contribution in [0.15, 0.2) is 24.3 Å². The Morgan fingerprint density at radius 1 is 1.17 bits per heavy atom. The van der Waals surface area contributed by atoms with Gasteiger partial charge in [0.25, 0.3) is 5.91 Å². The molecule has 0 aliphatic carbocycles. The van der Waals surface area contributed by atoms with Crippen molar-refractivity contribution in [3.05, 3.63) is 35.4 Å². The summed E-state index contributed by atoms with van der Waals surface area (Å²) in [7, 11) is 0. The van der Waals surface area contributed by atoms with E-state index >= 15 is 0 Å². The van der Waals surface area contributed by atoms with Gasteiger partial charge in [0.2, 0.25) is 0 Å². The zero-order valence-electron chi connectivity index (χ0n) is 13.7. The van der Waals surface area contributed by atoms with E-state index in [0.29, 0.717) is 12.6 Å². The average Bonchev–Trinajstić information content (AvgIpc) is 3.15. The van der Waals surface area contributed by atoms with Gasteiger partial charge in [-0.15, -0.1) is 0 Å². The molecule has 2 fully saturated rings. The van der Waals surface area contributed by atoms with E-state index in [0.717, 1.165) is 50.4 Å². The number of rotatable bonds is 2. The van der Waals surface area contributed by atoms with E-state index in [2.05, 4.69) is 11.4 Å². The Morgan fingerprint density at radius 2 is 2.00 bits per heavy atom. The standard InChI is InChI=1S/C19H26N2O2/c22-19(18-16-5-2-1-4-14(16)9-13-23-18)21-11-7-15(8-12-21)17-6-3-10-20-17/h1-2,4-5,15,17-18,20H,3,6-13H2. The minimum Gasteiger partial charge on any atom is -0.363 e. The molecule has 3 aliphatic heterocycles. The van der Waals surface area contributed by atoms with E-state index in [9.17, 15) is 4.79 Å². The number of nitrogens with zero attached hydrogens (tertiary/aromatic N) is 1. The van der Waals surface area contributed by atoms with Crippen LogP contribution >= 0.6 is 0 Å². The Kier molecular flexibility index (Phi) is 4.36. The van der Waals surface area contributed by atoms with E-state index in [4.69, 9.17) is 4.74 Å². The van der Waals surface area contributed by atoms with Crippen molar-refractivity contribution in [3.8, 4) is 0 Å². The third kappa shape index (κ3) is 3.02. The Balaban J connectivity index is 1.41. The van der Waals surface area contributed by atoms with Crippen molar-refractivity contribution < 1.29 is 9.53 Å². The van der Waals surface area contributed by atoms with Crippen molar-refractivity contribution in [2.24, 2.45) is 5.92 Å². The van der Waals surface area contributed by atoms with Crippen molar-refractivity contribution in [2.45, 2.75) is 44.2 Å². The number of hydrogen-bond acceptors (Lipinski definition) is 3. The van der Waals surface area contributed by atoms with Crippen molar-refractivity contribution in [2.75, 3.05) is 26.2 Å². The third-order valence-corrected chi connectivity index (χ3v) is 5.74. The molecule has 124 valence electrons. The number of carbonyl (C=O) groups excluding carboxylic acids is 1. The van der Waals surface area contributed by atoms with E-state index in [1.165, 1.54) is 18.4 Å². The first-order chi connectivity index (χ1) is 11.3. The maximum Gasteiger partial charge on any atom is 0.256 e. The zero-order valence-corrected chi connectivity index (χ0v) is 13.7. The lowest BCUT2D eigenvalue weighted by atomic mass is 9.88. The molecule has 0 aromatic heterocycles. The van der Waals surface area contributed by atoms with Gasteiger partial charge >= 0.3 is 0 Å². The van der Waals surface area contributed by atoms with Crippen LogP contribution in [0.5, 0.6) is 0 Å². The monoisotopic (exact) mass is 314 g/mol. The van der Waals surface area contributed by atoms with Gasteiger partial charge in [0, 0.05) is 19.1 Å². The first-order valence-corrected chi connectivity index (χ1v) is 9.04. The van der Waals surface area contributed by atoms with Crippen LogP contribution in [0.1, 0.15) is 42.9 Å². The molecule has 2 saturated heterocycles. The molecule has 4 rings (SSSR count). The Hall–Kier alpha value is -1.39. The summed E-state index contributed by atoms with van der Waals surface area (Å²) in [5.74, 6) is 0.899. The molecule has 0 radical (unpaired) electrons. The van der Waals surface area contributed by atoms with Crippen molar-refractivity contribution >= 4 is 5.91 Å². The normalized spacial score (nSPS) is 28.6. The smallest absolute Gasteiger partial charge is 0.256 e. The second-order valence-corrected chi connectivity index (χ2v) is 7.07. The summed E-state index contributed by atoms with van der Waals surface area (Å²) in [5, 5.41) is 3.62. The minimum atomic E-state index is -0.388. The lowest BCUT2D eigenvalue weighted by Crippen LogP contribution is -2.45. The first-order valence-electron chi connectivity index (χ1n) is 9.04. The van der Waals surface area contributed by atoms with Gasteiger partial charge in [0.1, 0.15) is 0 Å². The maximum absolute atomic E-state index is 12.9. The number of amides is 1. The highest BCUT2D eigenvalue weighted by atomic mass is 16.5. The maximum atomic E-state index is 12.9. The van der Waals surface area contributed by atoms with Gasteiger partial charge in [-0.3, -0.25) is 4.79 Å². The Morgan fingerprint density at radius 3 is 2.78 bits per heavy atom.